The molecule has 0 bridgehead atoms. The fourth-order valence-corrected chi connectivity index (χ4v) is 4.37. The smallest absolute Gasteiger partial charge is 0.475 e. The number of Topliss-reactive ketones (excluding diaryl/α,β-unsaturated/α-hetero) is 1. The molecule has 202 valence electrons. The van der Waals surface area contributed by atoms with Crippen molar-refractivity contribution in [3.8, 4) is 0 Å². The number of hydrogen-bond acceptors (Lipinski definition) is 3. The minimum Gasteiger partial charge on any atom is -0.475 e. The van der Waals surface area contributed by atoms with E-state index in [0.717, 1.165) is 44.9 Å². The Bertz CT molecular complexity index is 718. The Kier molecular flexibility index (Phi) is 17.3. The molecule has 0 spiro atoms. The molecule has 0 heterocycles. The van der Waals surface area contributed by atoms with Crippen molar-refractivity contribution >= 4 is 35.0 Å². The maximum Gasteiger partial charge on any atom is 0.490 e. The average molecular weight is 543 g/mol. The van der Waals surface area contributed by atoms with Gasteiger partial charge in [0.1, 0.15) is 5.78 Å². The summed E-state index contributed by atoms with van der Waals surface area (Å²) in [5.74, 6) is -1.26. The van der Waals surface area contributed by atoms with Crippen molar-refractivity contribution in [2.75, 3.05) is 5.34 Å². The Morgan fingerprint density at radius 2 is 1.49 bits per heavy atom. The topological polar surface area (TPSA) is 74.6 Å². The van der Waals surface area contributed by atoms with Crippen LogP contribution in [0.1, 0.15) is 89.2 Å². The molecule has 0 aliphatic heterocycles. The Hall–Kier alpha value is -1.31. The molecule has 2 rings (SSSR count). The number of aliphatic hydroxyl groups excluding tert-OH is 1. The second-order valence-corrected chi connectivity index (χ2v) is 9.66. The molecule has 4 nitrogen and oxygen atoms in total. The van der Waals surface area contributed by atoms with Crippen molar-refractivity contribution in [3.63, 3.8) is 0 Å². The SMILES string of the molecule is CCCC(CCC(O)C1CCC(c2ccc(CC)cc2)CC1)C(C)=O.ClCCl.O=C(O)C(F)(F)F. The first-order valence-corrected chi connectivity index (χ1v) is 13.2. The molecular weight excluding hydrogens is 504 g/mol. The van der Waals surface area contributed by atoms with Gasteiger partial charge in [-0.2, -0.15) is 13.2 Å². The van der Waals surface area contributed by atoms with Crippen molar-refractivity contribution in [2.45, 2.75) is 96.8 Å². The molecule has 0 saturated heterocycles. The van der Waals surface area contributed by atoms with E-state index >= 15 is 0 Å². The Labute approximate surface area is 217 Å². The zero-order valence-electron chi connectivity index (χ0n) is 20.8. The first-order chi connectivity index (χ1) is 16.4. The molecule has 35 heavy (non-hydrogen) atoms. The van der Waals surface area contributed by atoms with Gasteiger partial charge in [-0.3, -0.25) is 4.79 Å². The van der Waals surface area contributed by atoms with Crippen LogP contribution in [0.4, 0.5) is 13.2 Å². The van der Waals surface area contributed by atoms with Crippen molar-refractivity contribution in [2.24, 2.45) is 11.8 Å². The first kappa shape index (κ1) is 33.7. The van der Waals surface area contributed by atoms with Crippen molar-refractivity contribution in [1.82, 2.24) is 0 Å². The average Bonchev–Trinajstić information content (AvgIpc) is 2.82. The molecule has 2 unspecified atom stereocenters. The van der Waals surface area contributed by atoms with Gasteiger partial charge in [-0.1, -0.05) is 44.5 Å². The van der Waals surface area contributed by atoms with E-state index in [-0.39, 0.29) is 23.1 Å². The van der Waals surface area contributed by atoms with Crippen LogP contribution in [0.2, 0.25) is 0 Å². The van der Waals surface area contributed by atoms with Gasteiger partial charge in [0.25, 0.3) is 0 Å². The van der Waals surface area contributed by atoms with Crippen LogP contribution in [0.25, 0.3) is 0 Å². The van der Waals surface area contributed by atoms with Crippen molar-refractivity contribution < 1.29 is 33.0 Å². The number of aliphatic carboxylic acids is 1. The van der Waals surface area contributed by atoms with Gasteiger partial charge in [-0.05, 0) is 81.3 Å². The monoisotopic (exact) mass is 542 g/mol. The predicted molar refractivity (Wildman–Crippen MR) is 135 cm³/mol. The molecule has 9 heteroatoms. The molecule has 1 aromatic carbocycles. The standard InChI is InChI=1S/C23H36O2.C2HF3O2.CH2Cl2/c1-4-6-19(17(3)24)15-16-23(25)22-13-11-21(12-14-22)20-9-7-18(5-2)8-10-20;3-2(4,5)1(6)7;2-1-3/h7-10,19,21-23,25H,4-6,11-16H2,1-3H3;(H,6,7);1H2. The highest BCUT2D eigenvalue weighted by Gasteiger charge is 2.38. The number of alkyl halides is 5. The van der Waals surface area contributed by atoms with Crippen molar-refractivity contribution in [3.05, 3.63) is 35.4 Å². The number of aliphatic hydroxyl groups is 1. The van der Waals surface area contributed by atoms with Gasteiger partial charge in [0.05, 0.1) is 11.4 Å². The van der Waals surface area contributed by atoms with Gasteiger partial charge in [-0.25, -0.2) is 4.79 Å². The number of hydrogen-bond donors (Lipinski definition) is 2. The van der Waals surface area contributed by atoms with Crippen molar-refractivity contribution in [1.29, 1.82) is 0 Å². The zero-order chi connectivity index (χ0) is 27.0. The minimum atomic E-state index is -5.08. The van der Waals surface area contributed by atoms with E-state index in [9.17, 15) is 23.1 Å². The highest BCUT2D eigenvalue weighted by molar-refractivity contribution is 6.40. The summed E-state index contributed by atoms with van der Waals surface area (Å²) in [5, 5.41) is 17.9. The lowest BCUT2D eigenvalue weighted by atomic mass is 9.75. The molecule has 1 aliphatic carbocycles. The lowest BCUT2D eigenvalue weighted by Crippen LogP contribution is -2.26. The van der Waals surface area contributed by atoms with Crippen LogP contribution < -0.4 is 0 Å². The summed E-state index contributed by atoms with van der Waals surface area (Å²) < 4.78 is 31.7. The van der Waals surface area contributed by atoms with Gasteiger partial charge in [-0.15, -0.1) is 23.2 Å². The maximum absolute atomic E-state index is 11.7. The van der Waals surface area contributed by atoms with Gasteiger partial charge in [0.15, 0.2) is 0 Å². The third kappa shape index (κ3) is 14.1. The van der Waals surface area contributed by atoms with Crippen LogP contribution >= 0.6 is 23.2 Å². The zero-order valence-corrected chi connectivity index (χ0v) is 22.3. The van der Waals surface area contributed by atoms with E-state index in [2.05, 4.69) is 38.1 Å². The van der Waals surface area contributed by atoms with E-state index in [0.29, 0.717) is 11.8 Å². The molecule has 0 radical (unpaired) electrons. The predicted octanol–water partition coefficient (Wildman–Crippen LogP) is 7.72. The van der Waals surface area contributed by atoms with Crippen LogP contribution in [0.15, 0.2) is 24.3 Å². The summed E-state index contributed by atoms with van der Waals surface area (Å²) >= 11 is 9.53. The summed E-state index contributed by atoms with van der Waals surface area (Å²) in [5.41, 5.74) is 2.87. The Morgan fingerprint density at radius 1 is 1.00 bits per heavy atom. The second kappa shape index (κ2) is 18.0. The quantitative estimate of drug-likeness (QED) is 0.313. The fourth-order valence-electron chi connectivity index (χ4n) is 4.37. The number of carboxylic acid groups (broad SMARTS) is 1. The Balaban J connectivity index is 0.000000978. The fraction of sp³-hybridized carbons (Fsp3) is 0.692. The normalized spacial score (nSPS) is 19.3. The molecule has 0 amide bonds. The highest BCUT2D eigenvalue weighted by Crippen LogP contribution is 2.38. The highest BCUT2D eigenvalue weighted by atomic mass is 35.5. The van der Waals surface area contributed by atoms with Gasteiger partial charge >= 0.3 is 12.1 Å². The van der Waals surface area contributed by atoms with Gasteiger partial charge in [0, 0.05) is 5.92 Å². The van der Waals surface area contributed by atoms with E-state index in [4.69, 9.17) is 33.1 Å². The number of aryl methyl sites for hydroxylation is 1. The Morgan fingerprint density at radius 3 is 1.86 bits per heavy atom. The lowest BCUT2D eigenvalue weighted by molar-refractivity contribution is -0.192. The van der Waals surface area contributed by atoms with Crippen LogP contribution in [0, 0.1) is 11.8 Å². The van der Waals surface area contributed by atoms with E-state index < -0.39 is 12.1 Å². The lowest BCUT2D eigenvalue weighted by Gasteiger charge is -2.32. The van der Waals surface area contributed by atoms with Crippen LogP contribution in [0.5, 0.6) is 0 Å². The molecule has 1 fully saturated rings. The van der Waals surface area contributed by atoms with Gasteiger partial charge in [0.2, 0.25) is 0 Å². The summed E-state index contributed by atoms with van der Waals surface area (Å²) in [6.07, 6.45) is 4.00. The third-order valence-electron chi connectivity index (χ3n) is 6.44. The molecule has 2 N–H and O–H groups in total. The molecule has 2 atom stereocenters. The van der Waals surface area contributed by atoms with E-state index in [1.54, 1.807) is 6.92 Å². The molecule has 1 saturated carbocycles. The van der Waals surface area contributed by atoms with Crippen LogP contribution in [-0.4, -0.2) is 39.6 Å². The van der Waals surface area contributed by atoms with Crippen LogP contribution in [-0.2, 0) is 16.0 Å². The summed E-state index contributed by atoms with van der Waals surface area (Å²) in [6.45, 7) is 6.02. The number of rotatable bonds is 9. The summed E-state index contributed by atoms with van der Waals surface area (Å²) in [4.78, 5) is 20.6. The molecule has 1 aliphatic rings. The summed E-state index contributed by atoms with van der Waals surface area (Å²) in [7, 11) is 0. The van der Waals surface area contributed by atoms with E-state index in [1.165, 1.54) is 24.0 Å². The number of carbonyl (C=O) groups is 2. The molecule has 1 aromatic rings. The molecule has 0 aromatic heterocycles. The third-order valence-corrected chi connectivity index (χ3v) is 6.44. The number of carboxylic acids is 1. The first-order valence-electron chi connectivity index (χ1n) is 12.1. The van der Waals surface area contributed by atoms with Crippen LogP contribution in [0.3, 0.4) is 0 Å². The number of benzene rings is 1. The van der Waals surface area contributed by atoms with Gasteiger partial charge < -0.3 is 10.2 Å². The van der Waals surface area contributed by atoms with E-state index in [1.807, 2.05) is 0 Å². The minimum absolute atomic E-state index is 0.146. The number of carbonyl (C=O) groups excluding carboxylic acids is 1. The molecular formula is C26H39Cl2F3O4. The number of halogens is 5. The number of ketones is 1. The summed E-state index contributed by atoms with van der Waals surface area (Å²) in [6, 6.07) is 9.10. The largest absolute Gasteiger partial charge is 0.490 e. The maximum atomic E-state index is 11.7. The second-order valence-electron chi connectivity index (χ2n) is 8.85.